The van der Waals surface area contributed by atoms with Crippen molar-refractivity contribution >= 4 is 46.7 Å². The second kappa shape index (κ2) is 9.80. The van der Waals surface area contributed by atoms with Crippen LogP contribution in [0.15, 0.2) is 81.2 Å². The van der Waals surface area contributed by atoms with Crippen molar-refractivity contribution < 1.29 is 19.7 Å². The molecule has 32 heavy (non-hydrogen) atoms. The van der Waals surface area contributed by atoms with Crippen molar-refractivity contribution in [1.29, 1.82) is 0 Å². The predicted molar refractivity (Wildman–Crippen MR) is 126 cm³/mol. The number of amidine groups is 1. The number of nitrogens with zero attached hydrogens (tertiary/aromatic N) is 2. The molecule has 9 heteroatoms. The highest BCUT2D eigenvalue weighted by molar-refractivity contribution is 9.10. The largest absolute Gasteiger partial charge is 0.457 e. The number of hydrogen-bond donors (Lipinski definition) is 2. The van der Waals surface area contributed by atoms with Crippen LogP contribution in [0.25, 0.3) is 0 Å². The van der Waals surface area contributed by atoms with Crippen molar-refractivity contribution in [2.45, 2.75) is 6.54 Å². The number of aliphatic imine (C=N–C) groups is 2. The van der Waals surface area contributed by atoms with Gasteiger partial charge in [-0.25, -0.2) is 10.2 Å². The van der Waals surface area contributed by atoms with Crippen molar-refractivity contribution in [1.82, 2.24) is 5.32 Å². The summed E-state index contributed by atoms with van der Waals surface area (Å²) in [4.78, 5) is 25.4. The molecule has 0 saturated carbocycles. The Balaban J connectivity index is 1.35. The van der Waals surface area contributed by atoms with Gasteiger partial charge in [0.15, 0.2) is 11.6 Å². The Morgan fingerprint density at radius 2 is 1.81 bits per heavy atom. The number of hydrogen-bond acceptors (Lipinski definition) is 6. The van der Waals surface area contributed by atoms with Gasteiger partial charge in [-0.3, -0.25) is 9.79 Å². The minimum Gasteiger partial charge on any atom is -0.457 e. The third-order valence-corrected chi connectivity index (χ3v) is 5.25. The lowest BCUT2D eigenvalue weighted by Gasteiger charge is -2.08. The van der Waals surface area contributed by atoms with Gasteiger partial charge in [-0.15, -0.1) is 0 Å². The van der Waals surface area contributed by atoms with Gasteiger partial charge in [-0.2, -0.15) is 0 Å². The average molecular weight is 490 g/mol. The molecule has 3 aromatic rings. The molecule has 2 N–H and O–H groups in total. The highest BCUT2D eigenvalue weighted by Crippen LogP contribution is 2.24. The zero-order valence-corrected chi connectivity index (χ0v) is 18.4. The number of nitrogens with one attached hydrogen (secondary N) is 1. The van der Waals surface area contributed by atoms with Gasteiger partial charge in [0.1, 0.15) is 25.1 Å². The number of amides is 1. The zero-order chi connectivity index (χ0) is 22.5. The Kier molecular flexibility index (Phi) is 6.68. The summed E-state index contributed by atoms with van der Waals surface area (Å²) in [5, 5.41) is 11.7. The first kappa shape index (κ1) is 21.8. The van der Waals surface area contributed by atoms with Gasteiger partial charge >= 0.3 is 0 Å². The van der Waals surface area contributed by atoms with E-state index in [0.29, 0.717) is 33.9 Å². The summed E-state index contributed by atoms with van der Waals surface area (Å²) in [7, 11) is 5.85. The molecule has 0 saturated heterocycles. The fraction of sp³-hybridized carbons (Fsp3) is 0.0870. The molecule has 0 bridgehead atoms. The van der Waals surface area contributed by atoms with Gasteiger partial charge in [0, 0.05) is 12.1 Å². The summed E-state index contributed by atoms with van der Waals surface area (Å²) in [5.74, 6) is 1.67. The topological polar surface area (TPSA) is 92.5 Å². The lowest BCUT2D eigenvalue weighted by molar-refractivity contribution is -0.137. The Labute approximate surface area is 194 Å². The molecule has 0 aliphatic carbocycles. The molecule has 2 radical (unpaired) electrons. The van der Waals surface area contributed by atoms with E-state index in [1.807, 2.05) is 54.6 Å². The lowest BCUT2D eigenvalue weighted by atomic mass is 9.93. The van der Waals surface area contributed by atoms with E-state index in [1.54, 1.807) is 12.1 Å². The van der Waals surface area contributed by atoms with Crippen molar-refractivity contribution in [3.05, 3.63) is 82.3 Å². The van der Waals surface area contributed by atoms with E-state index in [-0.39, 0.29) is 23.7 Å². The van der Waals surface area contributed by atoms with Crippen LogP contribution < -0.4 is 20.4 Å². The number of benzene rings is 3. The maximum Gasteiger partial charge on any atom is 0.267 e. The van der Waals surface area contributed by atoms with E-state index in [1.165, 1.54) is 0 Å². The van der Waals surface area contributed by atoms with E-state index in [2.05, 4.69) is 36.1 Å². The molecule has 1 heterocycles. The molecular formula is C23H17BBrN3O4. The van der Waals surface area contributed by atoms with Crippen LogP contribution in [0, 0.1) is 0 Å². The number of rotatable bonds is 7. The summed E-state index contributed by atoms with van der Waals surface area (Å²) >= 11 is 3.27. The monoisotopic (exact) mass is 489 g/mol. The molecule has 0 aromatic heterocycles. The normalized spacial score (nSPS) is 12.7. The van der Waals surface area contributed by atoms with Crippen LogP contribution in [0.5, 0.6) is 17.2 Å². The molecule has 1 aliphatic rings. The number of ether oxygens (including phenoxy) is 1. The Morgan fingerprint density at radius 1 is 1.09 bits per heavy atom. The molecule has 0 fully saturated rings. The molecule has 0 spiro atoms. The molecule has 3 aromatic carbocycles. The Bertz CT molecular complexity index is 1170. The number of para-hydroxylation sites is 1. The average Bonchev–Trinajstić information content (AvgIpc) is 3.29. The second-order valence-corrected chi connectivity index (χ2v) is 7.76. The van der Waals surface area contributed by atoms with E-state index in [4.69, 9.17) is 17.8 Å². The molecule has 0 unspecified atom stereocenters. The van der Waals surface area contributed by atoms with Gasteiger partial charge in [-0.1, -0.05) is 36.4 Å². The zero-order valence-electron chi connectivity index (χ0n) is 16.8. The standard InChI is InChI=1S/C23H17BBrN3O4/c24-18-10-15(11-19(25)21(18)32-30)22-26-13-20(28-22)23(29)27-12-14-6-8-17(9-7-14)31-16-4-2-1-3-5-16/h1-11,30H,12-13H2,(H,27,29). The van der Waals surface area contributed by atoms with Crippen LogP contribution >= 0.6 is 15.9 Å². The van der Waals surface area contributed by atoms with Gasteiger partial charge in [0.2, 0.25) is 0 Å². The van der Waals surface area contributed by atoms with Crippen LogP contribution in [0.3, 0.4) is 0 Å². The fourth-order valence-electron chi connectivity index (χ4n) is 3.05. The molecule has 7 nitrogen and oxygen atoms in total. The molecule has 1 aliphatic heterocycles. The summed E-state index contributed by atoms with van der Waals surface area (Å²) in [6, 6.07) is 20.2. The van der Waals surface area contributed by atoms with Crippen LogP contribution in [0.1, 0.15) is 11.1 Å². The summed E-state index contributed by atoms with van der Waals surface area (Å²) in [6.45, 7) is 0.515. The quantitative estimate of drug-likeness (QED) is 0.302. The van der Waals surface area contributed by atoms with Crippen LogP contribution in [-0.4, -0.2) is 37.1 Å². The number of carbonyl (C=O) groups excluding carboxylic acids is 1. The molecule has 158 valence electrons. The molecular weight excluding hydrogens is 473 g/mol. The molecule has 0 atom stereocenters. The first-order valence-electron chi connectivity index (χ1n) is 9.66. The summed E-state index contributed by atoms with van der Waals surface area (Å²) < 4.78 is 6.22. The molecule has 4 rings (SSSR count). The first-order chi connectivity index (χ1) is 15.5. The van der Waals surface area contributed by atoms with Gasteiger partial charge < -0.3 is 14.9 Å². The Morgan fingerprint density at radius 3 is 2.50 bits per heavy atom. The minimum atomic E-state index is -0.296. The van der Waals surface area contributed by atoms with Gasteiger partial charge in [0.25, 0.3) is 5.91 Å². The van der Waals surface area contributed by atoms with E-state index >= 15 is 0 Å². The minimum absolute atomic E-state index is 0.106. The predicted octanol–water partition coefficient (Wildman–Crippen LogP) is 3.40. The first-order valence-corrected chi connectivity index (χ1v) is 10.5. The summed E-state index contributed by atoms with van der Waals surface area (Å²) in [6.07, 6.45) is 0. The van der Waals surface area contributed by atoms with Crippen LogP contribution in [0.4, 0.5) is 0 Å². The fourth-order valence-corrected chi connectivity index (χ4v) is 3.60. The third-order valence-electron chi connectivity index (χ3n) is 4.66. The van der Waals surface area contributed by atoms with Crippen molar-refractivity contribution in [3.8, 4) is 17.2 Å². The summed E-state index contributed by atoms with van der Waals surface area (Å²) in [5.41, 5.74) is 2.05. The SMILES string of the molecule is [B]c1cc(C2=NCC(C(=O)NCc3ccc(Oc4ccccc4)cc3)=N2)cc(Br)c1OO. The smallest absolute Gasteiger partial charge is 0.267 e. The lowest BCUT2D eigenvalue weighted by Crippen LogP contribution is -2.31. The van der Waals surface area contributed by atoms with E-state index in [9.17, 15) is 4.79 Å². The highest BCUT2D eigenvalue weighted by atomic mass is 79.9. The van der Waals surface area contributed by atoms with E-state index < -0.39 is 0 Å². The molecule has 1 amide bonds. The highest BCUT2D eigenvalue weighted by Gasteiger charge is 2.20. The Hall–Kier alpha value is -3.43. The number of carbonyl (C=O) groups is 1. The van der Waals surface area contributed by atoms with Gasteiger partial charge in [-0.05, 0) is 57.3 Å². The van der Waals surface area contributed by atoms with Crippen molar-refractivity contribution in [2.24, 2.45) is 9.98 Å². The van der Waals surface area contributed by atoms with Crippen molar-refractivity contribution in [3.63, 3.8) is 0 Å². The maximum atomic E-state index is 12.5. The van der Waals surface area contributed by atoms with Crippen molar-refractivity contribution in [2.75, 3.05) is 6.54 Å². The van der Waals surface area contributed by atoms with Crippen LogP contribution in [0.2, 0.25) is 0 Å². The maximum absolute atomic E-state index is 12.5. The van der Waals surface area contributed by atoms with Gasteiger partial charge in [0.05, 0.1) is 11.0 Å². The number of halogens is 1. The second-order valence-electron chi connectivity index (χ2n) is 6.91. The van der Waals surface area contributed by atoms with E-state index in [0.717, 1.165) is 11.3 Å². The van der Waals surface area contributed by atoms with Crippen LogP contribution in [-0.2, 0) is 11.3 Å². The third kappa shape index (κ3) is 5.07.